The third-order valence-corrected chi connectivity index (χ3v) is 4.85. The van der Waals surface area contributed by atoms with E-state index in [1.165, 1.54) is 0 Å². The van der Waals surface area contributed by atoms with Gasteiger partial charge < -0.3 is 15.0 Å². The first-order valence-electron chi connectivity index (χ1n) is 9.16. The number of hydrogen-bond acceptors (Lipinski definition) is 5. The van der Waals surface area contributed by atoms with Crippen molar-refractivity contribution in [1.82, 2.24) is 9.97 Å². The predicted molar refractivity (Wildman–Crippen MR) is 106 cm³/mol. The Morgan fingerprint density at radius 3 is 2.52 bits per heavy atom. The number of aromatic nitrogens is 2. The molecule has 1 fully saturated rings. The molecule has 0 aliphatic carbocycles. The highest BCUT2D eigenvalue weighted by Crippen LogP contribution is 2.30. The fraction of sp³-hybridized carbons (Fsp3) is 0.286. The smallest absolute Gasteiger partial charge is 0.257 e. The molecule has 1 atom stereocenters. The van der Waals surface area contributed by atoms with Gasteiger partial charge in [-0.05, 0) is 37.1 Å². The number of fused-ring (bicyclic) bond motifs is 1. The Balaban J connectivity index is 1.56. The standard InChI is InChI=1S/C21H22N4O2/c1-27-21-19(23-17-11-5-6-12-18(17)24-21)25-13-7-8-15(14-25)20(26)22-16-9-3-2-4-10-16/h2-6,9-12,15H,7-8,13-14H2,1H3,(H,22,26)/t15-/m0/s1. The van der Waals surface area contributed by atoms with E-state index in [-0.39, 0.29) is 11.8 Å². The predicted octanol–water partition coefficient (Wildman–Crippen LogP) is 3.49. The zero-order valence-electron chi connectivity index (χ0n) is 15.3. The van der Waals surface area contributed by atoms with Crippen molar-refractivity contribution < 1.29 is 9.53 Å². The summed E-state index contributed by atoms with van der Waals surface area (Å²) in [4.78, 5) is 24.1. The molecule has 0 spiro atoms. The Morgan fingerprint density at radius 2 is 1.78 bits per heavy atom. The molecule has 0 saturated carbocycles. The Morgan fingerprint density at radius 1 is 1.07 bits per heavy atom. The average Bonchev–Trinajstić information content (AvgIpc) is 2.73. The molecule has 1 saturated heterocycles. The molecule has 3 aromatic rings. The molecule has 27 heavy (non-hydrogen) atoms. The molecule has 1 aliphatic rings. The normalized spacial score (nSPS) is 16.9. The van der Waals surface area contributed by atoms with E-state index in [0.29, 0.717) is 18.2 Å². The van der Waals surface area contributed by atoms with Gasteiger partial charge in [0.05, 0.1) is 24.1 Å². The van der Waals surface area contributed by atoms with E-state index in [9.17, 15) is 4.79 Å². The molecular formula is C21H22N4O2. The van der Waals surface area contributed by atoms with E-state index in [1.54, 1.807) is 7.11 Å². The third kappa shape index (κ3) is 3.69. The number of piperidine rings is 1. The quantitative estimate of drug-likeness (QED) is 0.769. The second-order valence-corrected chi connectivity index (χ2v) is 6.69. The lowest BCUT2D eigenvalue weighted by Gasteiger charge is -2.33. The Bertz CT molecular complexity index is 945. The maximum Gasteiger partial charge on any atom is 0.257 e. The third-order valence-electron chi connectivity index (χ3n) is 4.85. The summed E-state index contributed by atoms with van der Waals surface area (Å²) in [6.07, 6.45) is 1.78. The number of carbonyl (C=O) groups excluding carboxylic acids is 1. The van der Waals surface area contributed by atoms with Gasteiger partial charge in [0.15, 0.2) is 5.82 Å². The topological polar surface area (TPSA) is 67.4 Å². The summed E-state index contributed by atoms with van der Waals surface area (Å²) >= 11 is 0. The molecule has 0 unspecified atom stereocenters. The van der Waals surface area contributed by atoms with Crippen LogP contribution in [-0.2, 0) is 4.79 Å². The molecule has 4 rings (SSSR count). The van der Waals surface area contributed by atoms with Gasteiger partial charge >= 0.3 is 0 Å². The summed E-state index contributed by atoms with van der Waals surface area (Å²) in [5.41, 5.74) is 2.44. The molecule has 1 N–H and O–H groups in total. The molecular weight excluding hydrogens is 340 g/mol. The van der Waals surface area contributed by atoms with E-state index in [2.05, 4.69) is 15.2 Å². The van der Waals surface area contributed by atoms with Crippen LogP contribution in [0.2, 0.25) is 0 Å². The lowest BCUT2D eigenvalue weighted by molar-refractivity contribution is -0.120. The first kappa shape index (κ1) is 17.3. The molecule has 0 radical (unpaired) electrons. The summed E-state index contributed by atoms with van der Waals surface area (Å²) in [6, 6.07) is 17.3. The number of anilines is 2. The van der Waals surface area contributed by atoms with Gasteiger partial charge in [0.25, 0.3) is 5.88 Å². The van der Waals surface area contributed by atoms with Crippen molar-refractivity contribution in [3.63, 3.8) is 0 Å². The fourth-order valence-electron chi connectivity index (χ4n) is 3.47. The highest BCUT2D eigenvalue weighted by atomic mass is 16.5. The average molecular weight is 362 g/mol. The van der Waals surface area contributed by atoms with Gasteiger partial charge in [-0.25, -0.2) is 9.97 Å². The van der Waals surface area contributed by atoms with Gasteiger partial charge in [0.1, 0.15) is 0 Å². The van der Waals surface area contributed by atoms with Gasteiger partial charge in [0, 0.05) is 18.8 Å². The number of para-hydroxylation sites is 3. The Hall–Kier alpha value is -3.15. The van der Waals surface area contributed by atoms with E-state index in [1.807, 2.05) is 54.6 Å². The number of nitrogens with one attached hydrogen (secondary N) is 1. The van der Waals surface area contributed by atoms with Crippen LogP contribution < -0.4 is 15.0 Å². The van der Waals surface area contributed by atoms with Crippen LogP contribution in [0.3, 0.4) is 0 Å². The van der Waals surface area contributed by atoms with Crippen LogP contribution in [0.5, 0.6) is 5.88 Å². The van der Waals surface area contributed by atoms with Crippen LogP contribution in [0.1, 0.15) is 12.8 Å². The summed E-state index contributed by atoms with van der Waals surface area (Å²) in [6.45, 7) is 1.43. The fourth-order valence-corrected chi connectivity index (χ4v) is 3.47. The number of ether oxygens (including phenoxy) is 1. The van der Waals surface area contributed by atoms with E-state index in [0.717, 1.165) is 36.1 Å². The minimum atomic E-state index is -0.100. The Labute approximate surface area is 158 Å². The van der Waals surface area contributed by atoms with E-state index < -0.39 is 0 Å². The van der Waals surface area contributed by atoms with E-state index >= 15 is 0 Å². The summed E-state index contributed by atoms with van der Waals surface area (Å²) in [5.74, 6) is 1.14. The number of carbonyl (C=O) groups is 1. The zero-order chi connectivity index (χ0) is 18.6. The van der Waals surface area contributed by atoms with Crippen molar-refractivity contribution in [2.24, 2.45) is 5.92 Å². The summed E-state index contributed by atoms with van der Waals surface area (Å²) in [7, 11) is 1.60. The van der Waals surface area contributed by atoms with Gasteiger partial charge in [0.2, 0.25) is 5.91 Å². The molecule has 1 amide bonds. The van der Waals surface area contributed by atoms with Crippen molar-refractivity contribution >= 4 is 28.4 Å². The van der Waals surface area contributed by atoms with Crippen molar-refractivity contribution in [1.29, 1.82) is 0 Å². The zero-order valence-corrected chi connectivity index (χ0v) is 15.3. The number of amides is 1. The lowest BCUT2D eigenvalue weighted by atomic mass is 9.97. The van der Waals surface area contributed by atoms with Gasteiger partial charge in [-0.3, -0.25) is 4.79 Å². The van der Waals surface area contributed by atoms with Gasteiger partial charge in [-0.2, -0.15) is 0 Å². The van der Waals surface area contributed by atoms with Gasteiger partial charge in [-0.15, -0.1) is 0 Å². The van der Waals surface area contributed by atoms with Crippen LogP contribution in [0.4, 0.5) is 11.5 Å². The molecule has 1 aliphatic heterocycles. The number of hydrogen-bond donors (Lipinski definition) is 1. The maximum atomic E-state index is 12.7. The first-order valence-corrected chi connectivity index (χ1v) is 9.16. The molecule has 6 heteroatoms. The van der Waals surface area contributed by atoms with Gasteiger partial charge in [-0.1, -0.05) is 30.3 Å². The molecule has 2 aromatic carbocycles. The second-order valence-electron chi connectivity index (χ2n) is 6.69. The molecule has 1 aromatic heterocycles. The number of benzene rings is 2. The largest absolute Gasteiger partial charge is 0.478 e. The van der Waals surface area contributed by atoms with Crippen molar-refractivity contribution in [2.45, 2.75) is 12.8 Å². The van der Waals surface area contributed by atoms with Crippen molar-refractivity contribution in [3.05, 3.63) is 54.6 Å². The highest BCUT2D eigenvalue weighted by Gasteiger charge is 2.28. The van der Waals surface area contributed by atoms with E-state index in [4.69, 9.17) is 9.72 Å². The number of nitrogens with zero attached hydrogens (tertiary/aromatic N) is 3. The van der Waals surface area contributed by atoms with Crippen molar-refractivity contribution in [2.75, 3.05) is 30.4 Å². The Kier molecular flexibility index (Phi) is 4.87. The molecule has 2 heterocycles. The van der Waals surface area contributed by atoms with Crippen LogP contribution in [0, 0.1) is 5.92 Å². The minimum Gasteiger partial charge on any atom is -0.478 e. The second kappa shape index (κ2) is 7.61. The molecule has 6 nitrogen and oxygen atoms in total. The van der Waals surface area contributed by atoms with Crippen LogP contribution in [0.25, 0.3) is 11.0 Å². The molecule has 138 valence electrons. The first-order chi connectivity index (χ1) is 13.2. The minimum absolute atomic E-state index is 0.0404. The van der Waals surface area contributed by atoms with Crippen molar-refractivity contribution in [3.8, 4) is 5.88 Å². The van der Waals surface area contributed by atoms with Crippen LogP contribution in [0.15, 0.2) is 54.6 Å². The number of methoxy groups -OCH3 is 1. The SMILES string of the molecule is COc1nc2ccccc2nc1N1CCC[C@H](C(=O)Nc2ccccc2)C1. The monoisotopic (exact) mass is 362 g/mol. The molecule has 0 bridgehead atoms. The highest BCUT2D eigenvalue weighted by molar-refractivity contribution is 5.93. The lowest BCUT2D eigenvalue weighted by Crippen LogP contribution is -2.41. The number of rotatable bonds is 4. The summed E-state index contributed by atoms with van der Waals surface area (Å²) < 4.78 is 5.48. The van der Waals surface area contributed by atoms with Crippen LogP contribution in [-0.4, -0.2) is 36.1 Å². The maximum absolute atomic E-state index is 12.7. The summed E-state index contributed by atoms with van der Waals surface area (Å²) in [5, 5.41) is 3.01. The van der Waals surface area contributed by atoms with Crippen LogP contribution >= 0.6 is 0 Å².